The number of ether oxygens (including phenoxy) is 3. The molecule has 0 bridgehead atoms. The van der Waals surface area contributed by atoms with Crippen molar-refractivity contribution in [1.82, 2.24) is 4.90 Å². The van der Waals surface area contributed by atoms with E-state index in [0.717, 1.165) is 24.0 Å². The molecule has 1 heterocycles. The number of rotatable bonds is 6. The smallest absolute Gasteiger partial charge is 0.226 e. The zero-order chi connectivity index (χ0) is 20.1. The van der Waals surface area contributed by atoms with Crippen LogP contribution in [0.1, 0.15) is 29.9 Å². The lowest BCUT2D eigenvalue weighted by atomic mass is 9.89. The Bertz CT molecular complexity index is 789. The fourth-order valence-electron chi connectivity index (χ4n) is 3.72. The lowest BCUT2D eigenvalue weighted by molar-refractivity contribution is -0.131. The second-order valence-electron chi connectivity index (χ2n) is 6.92. The van der Waals surface area contributed by atoms with E-state index in [0.29, 0.717) is 36.3 Å². The monoisotopic (exact) mass is 387 g/mol. The number of methoxy groups -OCH3 is 3. The molecule has 1 aliphatic heterocycles. The molecule has 1 aliphatic rings. The Morgan fingerprint density at radius 1 is 1.00 bits per heavy atom. The standard InChI is InChI=1S/C22H26FNO4/c1-26-19-12-15(13-20(27-2)22(19)28-3)14-21(25)24-10-8-17(9-11-24)16-4-6-18(23)7-5-16/h4-7,12-13,17H,8-11,14H2,1-3H3. The number of carbonyl (C=O) groups excluding carboxylic acids is 1. The van der Waals surface area contributed by atoms with Crippen molar-refractivity contribution >= 4 is 5.91 Å². The third-order valence-corrected chi connectivity index (χ3v) is 5.27. The fourth-order valence-corrected chi connectivity index (χ4v) is 3.72. The number of piperidine rings is 1. The van der Waals surface area contributed by atoms with Gasteiger partial charge in [-0.2, -0.15) is 0 Å². The summed E-state index contributed by atoms with van der Waals surface area (Å²) in [6, 6.07) is 10.3. The van der Waals surface area contributed by atoms with E-state index in [2.05, 4.69) is 0 Å². The van der Waals surface area contributed by atoms with Gasteiger partial charge in [0, 0.05) is 13.1 Å². The van der Waals surface area contributed by atoms with Gasteiger partial charge in [-0.25, -0.2) is 4.39 Å². The lowest BCUT2D eigenvalue weighted by Crippen LogP contribution is -2.38. The van der Waals surface area contributed by atoms with E-state index in [1.807, 2.05) is 29.2 Å². The molecule has 2 aromatic rings. The highest BCUT2D eigenvalue weighted by molar-refractivity contribution is 5.79. The number of carbonyl (C=O) groups is 1. The van der Waals surface area contributed by atoms with Crippen LogP contribution < -0.4 is 14.2 Å². The maximum Gasteiger partial charge on any atom is 0.226 e. The second kappa shape index (κ2) is 8.95. The summed E-state index contributed by atoms with van der Waals surface area (Å²) in [6.45, 7) is 1.40. The molecule has 1 saturated heterocycles. The molecule has 6 heteroatoms. The summed E-state index contributed by atoms with van der Waals surface area (Å²) in [5, 5.41) is 0. The van der Waals surface area contributed by atoms with Gasteiger partial charge < -0.3 is 19.1 Å². The van der Waals surface area contributed by atoms with Gasteiger partial charge in [-0.1, -0.05) is 12.1 Å². The Morgan fingerprint density at radius 2 is 1.57 bits per heavy atom. The molecule has 5 nitrogen and oxygen atoms in total. The molecule has 0 spiro atoms. The van der Waals surface area contributed by atoms with Crippen LogP contribution in [0.4, 0.5) is 4.39 Å². The molecule has 2 aromatic carbocycles. The highest BCUT2D eigenvalue weighted by atomic mass is 19.1. The van der Waals surface area contributed by atoms with Gasteiger partial charge in [-0.3, -0.25) is 4.79 Å². The van der Waals surface area contributed by atoms with Crippen molar-refractivity contribution in [2.75, 3.05) is 34.4 Å². The van der Waals surface area contributed by atoms with Crippen LogP contribution in [0.3, 0.4) is 0 Å². The van der Waals surface area contributed by atoms with Crippen LogP contribution >= 0.6 is 0 Å². The van der Waals surface area contributed by atoms with Gasteiger partial charge in [0.25, 0.3) is 0 Å². The van der Waals surface area contributed by atoms with Crippen molar-refractivity contribution in [3.63, 3.8) is 0 Å². The SMILES string of the molecule is COc1cc(CC(=O)N2CCC(c3ccc(F)cc3)CC2)cc(OC)c1OC. The van der Waals surface area contributed by atoms with Crippen LogP contribution in [0.25, 0.3) is 0 Å². The van der Waals surface area contributed by atoms with Crippen molar-refractivity contribution in [2.45, 2.75) is 25.2 Å². The predicted molar refractivity (Wildman–Crippen MR) is 105 cm³/mol. The minimum Gasteiger partial charge on any atom is -0.493 e. The molecule has 0 aliphatic carbocycles. The lowest BCUT2D eigenvalue weighted by Gasteiger charge is -2.32. The summed E-state index contributed by atoms with van der Waals surface area (Å²) in [5.41, 5.74) is 1.96. The van der Waals surface area contributed by atoms with Crippen LogP contribution in [0.15, 0.2) is 36.4 Å². The van der Waals surface area contributed by atoms with E-state index in [4.69, 9.17) is 14.2 Å². The molecule has 1 amide bonds. The number of halogens is 1. The minimum absolute atomic E-state index is 0.0758. The van der Waals surface area contributed by atoms with Gasteiger partial charge in [0.15, 0.2) is 11.5 Å². The number of amides is 1. The molecule has 0 atom stereocenters. The molecule has 3 rings (SSSR count). The average Bonchev–Trinajstić information content (AvgIpc) is 2.73. The molecule has 0 aromatic heterocycles. The third kappa shape index (κ3) is 4.38. The Balaban J connectivity index is 1.63. The van der Waals surface area contributed by atoms with Crippen LogP contribution in [-0.2, 0) is 11.2 Å². The van der Waals surface area contributed by atoms with Crippen molar-refractivity contribution in [2.24, 2.45) is 0 Å². The topological polar surface area (TPSA) is 48.0 Å². The maximum atomic E-state index is 13.1. The molecule has 28 heavy (non-hydrogen) atoms. The van der Waals surface area contributed by atoms with Gasteiger partial charge in [0.05, 0.1) is 27.8 Å². The molecule has 150 valence electrons. The molecule has 0 radical (unpaired) electrons. The predicted octanol–water partition coefficient (Wildman–Crippen LogP) is 3.80. The first kappa shape index (κ1) is 20.0. The number of nitrogens with zero attached hydrogens (tertiary/aromatic N) is 1. The van der Waals surface area contributed by atoms with Crippen LogP contribution in [-0.4, -0.2) is 45.2 Å². The first-order chi connectivity index (χ1) is 13.5. The quantitative estimate of drug-likeness (QED) is 0.757. The van der Waals surface area contributed by atoms with E-state index in [9.17, 15) is 9.18 Å². The van der Waals surface area contributed by atoms with E-state index >= 15 is 0 Å². The summed E-state index contributed by atoms with van der Waals surface area (Å²) in [5.74, 6) is 1.82. The summed E-state index contributed by atoms with van der Waals surface area (Å²) in [4.78, 5) is 14.7. The number of likely N-dealkylation sites (tertiary alicyclic amines) is 1. The molecular weight excluding hydrogens is 361 g/mol. The first-order valence-electron chi connectivity index (χ1n) is 9.37. The summed E-state index contributed by atoms with van der Waals surface area (Å²) in [7, 11) is 4.67. The maximum absolute atomic E-state index is 13.1. The van der Waals surface area contributed by atoms with Gasteiger partial charge in [-0.15, -0.1) is 0 Å². The first-order valence-corrected chi connectivity index (χ1v) is 9.37. The van der Waals surface area contributed by atoms with Crippen molar-refractivity contribution < 1.29 is 23.4 Å². The Kier molecular flexibility index (Phi) is 6.39. The second-order valence-corrected chi connectivity index (χ2v) is 6.92. The molecule has 0 unspecified atom stereocenters. The molecule has 0 saturated carbocycles. The van der Waals surface area contributed by atoms with Crippen molar-refractivity contribution in [1.29, 1.82) is 0 Å². The normalized spacial score (nSPS) is 14.6. The van der Waals surface area contributed by atoms with Crippen molar-refractivity contribution in [3.8, 4) is 17.2 Å². The van der Waals surface area contributed by atoms with Gasteiger partial charge >= 0.3 is 0 Å². The van der Waals surface area contributed by atoms with E-state index in [1.54, 1.807) is 21.3 Å². The highest BCUT2D eigenvalue weighted by Crippen LogP contribution is 2.38. The number of hydrogen-bond donors (Lipinski definition) is 0. The largest absolute Gasteiger partial charge is 0.493 e. The van der Waals surface area contributed by atoms with Gasteiger partial charge in [0.1, 0.15) is 5.82 Å². The number of hydrogen-bond acceptors (Lipinski definition) is 4. The zero-order valence-electron chi connectivity index (χ0n) is 16.5. The Labute approximate surface area is 165 Å². The third-order valence-electron chi connectivity index (χ3n) is 5.27. The van der Waals surface area contributed by atoms with Crippen LogP contribution in [0.2, 0.25) is 0 Å². The Hall–Kier alpha value is -2.76. The molecule has 0 N–H and O–H groups in total. The zero-order valence-corrected chi connectivity index (χ0v) is 16.5. The summed E-state index contributed by atoms with van der Waals surface area (Å²) < 4.78 is 29.2. The van der Waals surface area contributed by atoms with E-state index in [-0.39, 0.29) is 18.1 Å². The van der Waals surface area contributed by atoms with Crippen molar-refractivity contribution in [3.05, 3.63) is 53.3 Å². The van der Waals surface area contributed by atoms with Crippen LogP contribution in [0, 0.1) is 5.82 Å². The van der Waals surface area contributed by atoms with Gasteiger partial charge in [-0.05, 0) is 54.2 Å². The van der Waals surface area contributed by atoms with Gasteiger partial charge in [0.2, 0.25) is 11.7 Å². The fraction of sp³-hybridized carbons (Fsp3) is 0.409. The Morgan fingerprint density at radius 3 is 2.07 bits per heavy atom. The summed E-state index contributed by atoms with van der Waals surface area (Å²) >= 11 is 0. The molecule has 1 fully saturated rings. The van der Waals surface area contributed by atoms with E-state index in [1.165, 1.54) is 12.1 Å². The summed E-state index contributed by atoms with van der Waals surface area (Å²) in [6.07, 6.45) is 2.04. The average molecular weight is 387 g/mol. The number of benzene rings is 2. The van der Waals surface area contributed by atoms with Crippen LogP contribution in [0.5, 0.6) is 17.2 Å². The van der Waals surface area contributed by atoms with E-state index < -0.39 is 0 Å². The minimum atomic E-state index is -0.221. The molecular formula is C22H26FNO4. The highest BCUT2D eigenvalue weighted by Gasteiger charge is 2.24.